The van der Waals surface area contributed by atoms with Crippen molar-refractivity contribution in [1.82, 2.24) is 0 Å². The van der Waals surface area contributed by atoms with Gasteiger partial charge in [0.05, 0.1) is 5.75 Å². The van der Waals surface area contributed by atoms with Crippen molar-refractivity contribution in [3.63, 3.8) is 0 Å². The summed E-state index contributed by atoms with van der Waals surface area (Å²) in [7, 11) is 0. The molecule has 4 nitrogen and oxygen atoms in total. The number of halogens is 7. The molecule has 0 atom stereocenters. The number of amides is 2. The van der Waals surface area contributed by atoms with Crippen LogP contribution < -0.4 is 10.6 Å². The number of nitrogens with one attached hydrogen (secondary N) is 2. The molecule has 4 rings (SSSR count). The lowest BCUT2D eigenvalue weighted by molar-refractivity contribution is -0.143. The van der Waals surface area contributed by atoms with E-state index in [1.54, 1.807) is 41.7 Å². The molecule has 0 saturated heterocycles. The molecule has 196 valence electrons. The summed E-state index contributed by atoms with van der Waals surface area (Å²) in [4.78, 5) is 25.2. The maximum Gasteiger partial charge on any atom is 0.422 e. The van der Waals surface area contributed by atoms with E-state index in [0.717, 1.165) is 22.5 Å². The standard InChI is InChI=1S/C26H15F7N2O2S/c27-20-19(26(31,32)33)21(28)23(30)24(22(20)29)35-18(36)12-38-17-7-3-6-16(11-17)34-25(37)15-9-8-13-4-1-2-5-14(13)10-15/h1-11H,12H2,(H,34,37)(H,35,36). The third kappa shape index (κ3) is 5.75. The molecule has 0 heterocycles. The molecule has 0 aliphatic rings. The van der Waals surface area contributed by atoms with Gasteiger partial charge in [0.2, 0.25) is 5.91 Å². The maximum absolute atomic E-state index is 14.0. The predicted molar refractivity (Wildman–Crippen MR) is 129 cm³/mol. The molecule has 0 aliphatic heterocycles. The summed E-state index contributed by atoms with van der Waals surface area (Å²) in [6.07, 6.45) is -5.69. The van der Waals surface area contributed by atoms with Crippen LogP contribution >= 0.6 is 11.8 Å². The number of hydrogen-bond donors (Lipinski definition) is 2. The fourth-order valence-corrected chi connectivity index (χ4v) is 4.27. The van der Waals surface area contributed by atoms with E-state index in [-0.39, 0.29) is 0 Å². The van der Waals surface area contributed by atoms with Crippen molar-refractivity contribution < 1.29 is 40.3 Å². The Bertz CT molecular complexity index is 1530. The van der Waals surface area contributed by atoms with E-state index in [1.165, 1.54) is 6.07 Å². The predicted octanol–water partition coefficient (Wildman–Crippen LogP) is 7.40. The monoisotopic (exact) mass is 552 g/mol. The summed E-state index contributed by atoms with van der Waals surface area (Å²) in [5.41, 5.74) is -3.63. The molecule has 38 heavy (non-hydrogen) atoms. The second kappa shape index (κ2) is 10.7. The van der Waals surface area contributed by atoms with Crippen LogP contribution in [0.4, 0.5) is 42.1 Å². The minimum atomic E-state index is -5.69. The summed E-state index contributed by atoms with van der Waals surface area (Å²) in [6, 6.07) is 18.9. The topological polar surface area (TPSA) is 58.2 Å². The number of fused-ring (bicyclic) bond motifs is 1. The van der Waals surface area contributed by atoms with E-state index in [0.29, 0.717) is 16.1 Å². The normalized spacial score (nSPS) is 11.4. The Morgan fingerprint density at radius 2 is 1.39 bits per heavy atom. The van der Waals surface area contributed by atoms with Crippen molar-refractivity contribution in [2.75, 3.05) is 16.4 Å². The summed E-state index contributed by atoms with van der Waals surface area (Å²) in [5.74, 6) is -12.2. The third-order valence-corrected chi connectivity index (χ3v) is 6.28. The van der Waals surface area contributed by atoms with Crippen LogP contribution in [0, 0.1) is 23.3 Å². The van der Waals surface area contributed by atoms with Gasteiger partial charge in [0.1, 0.15) is 11.3 Å². The quantitative estimate of drug-likeness (QED) is 0.149. The largest absolute Gasteiger partial charge is 0.422 e. The van der Waals surface area contributed by atoms with Crippen LogP contribution in [0.25, 0.3) is 10.8 Å². The van der Waals surface area contributed by atoms with Gasteiger partial charge in [-0.3, -0.25) is 9.59 Å². The van der Waals surface area contributed by atoms with Crippen LogP contribution in [-0.2, 0) is 11.0 Å². The Hall–Kier alpha value is -4.06. The first kappa shape index (κ1) is 27.0. The van der Waals surface area contributed by atoms with Gasteiger partial charge in [-0.25, -0.2) is 17.6 Å². The van der Waals surface area contributed by atoms with Crippen LogP contribution in [0.5, 0.6) is 0 Å². The Morgan fingerprint density at radius 3 is 2.05 bits per heavy atom. The summed E-state index contributed by atoms with van der Waals surface area (Å²) < 4.78 is 93.7. The summed E-state index contributed by atoms with van der Waals surface area (Å²) in [5, 5.41) is 6.11. The van der Waals surface area contributed by atoms with Crippen LogP contribution in [0.2, 0.25) is 0 Å². The zero-order valence-corrected chi connectivity index (χ0v) is 19.7. The van der Waals surface area contributed by atoms with Gasteiger partial charge in [0.25, 0.3) is 5.91 Å². The van der Waals surface area contributed by atoms with E-state index in [2.05, 4.69) is 5.32 Å². The summed E-state index contributed by atoms with van der Waals surface area (Å²) >= 11 is 0.838. The smallest absolute Gasteiger partial charge is 0.322 e. The fourth-order valence-electron chi connectivity index (χ4n) is 3.51. The molecule has 0 fully saturated rings. The first-order chi connectivity index (χ1) is 18.0. The van der Waals surface area contributed by atoms with Gasteiger partial charge >= 0.3 is 6.18 Å². The van der Waals surface area contributed by atoms with Gasteiger partial charge in [-0.15, -0.1) is 11.8 Å². The van der Waals surface area contributed by atoms with Crippen LogP contribution in [-0.4, -0.2) is 17.6 Å². The van der Waals surface area contributed by atoms with Gasteiger partial charge in [0.15, 0.2) is 23.3 Å². The van der Waals surface area contributed by atoms with E-state index in [1.807, 2.05) is 24.3 Å². The van der Waals surface area contributed by atoms with Crippen molar-refractivity contribution in [3.8, 4) is 0 Å². The highest BCUT2D eigenvalue weighted by molar-refractivity contribution is 8.00. The van der Waals surface area contributed by atoms with Gasteiger partial charge in [-0.2, -0.15) is 13.2 Å². The van der Waals surface area contributed by atoms with Gasteiger partial charge in [-0.1, -0.05) is 36.4 Å². The molecule has 0 aliphatic carbocycles. The Labute approximate surface area is 214 Å². The van der Waals surface area contributed by atoms with E-state index >= 15 is 0 Å². The first-order valence-corrected chi connectivity index (χ1v) is 11.7. The molecule has 0 saturated carbocycles. The number of hydrogen-bond acceptors (Lipinski definition) is 3. The molecule has 4 aromatic carbocycles. The molecular formula is C26H15F7N2O2S. The van der Waals surface area contributed by atoms with Crippen molar-refractivity contribution in [2.45, 2.75) is 11.1 Å². The van der Waals surface area contributed by atoms with Gasteiger partial charge in [-0.05, 0) is 41.1 Å². The molecule has 4 aromatic rings. The number of anilines is 2. The highest BCUT2D eigenvalue weighted by atomic mass is 32.2. The van der Waals surface area contributed by atoms with E-state index < -0.39 is 58.3 Å². The van der Waals surface area contributed by atoms with Gasteiger partial charge in [0, 0.05) is 16.1 Å². The number of carbonyl (C=O) groups excluding carboxylic acids is 2. The number of thioether (sulfide) groups is 1. The fraction of sp³-hybridized carbons (Fsp3) is 0.0769. The lowest BCUT2D eigenvalue weighted by atomic mass is 10.1. The van der Waals surface area contributed by atoms with Crippen molar-refractivity contribution in [1.29, 1.82) is 0 Å². The maximum atomic E-state index is 14.0. The third-order valence-electron chi connectivity index (χ3n) is 5.28. The Morgan fingerprint density at radius 1 is 0.737 bits per heavy atom. The number of benzene rings is 4. The number of alkyl halides is 3. The molecule has 0 aromatic heterocycles. The van der Waals surface area contributed by atoms with Crippen molar-refractivity contribution in [2.24, 2.45) is 0 Å². The molecule has 0 spiro atoms. The summed E-state index contributed by atoms with van der Waals surface area (Å²) in [6.45, 7) is 0. The van der Waals surface area contributed by atoms with Crippen molar-refractivity contribution >= 4 is 45.7 Å². The molecule has 12 heteroatoms. The van der Waals surface area contributed by atoms with E-state index in [4.69, 9.17) is 0 Å². The molecule has 2 N–H and O–H groups in total. The lowest BCUT2D eigenvalue weighted by Gasteiger charge is -2.14. The first-order valence-electron chi connectivity index (χ1n) is 10.7. The molecular weight excluding hydrogens is 537 g/mol. The van der Waals surface area contributed by atoms with Crippen LogP contribution in [0.1, 0.15) is 15.9 Å². The Kier molecular flexibility index (Phi) is 7.63. The van der Waals surface area contributed by atoms with Crippen LogP contribution in [0.3, 0.4) is 0 Å². The minimum Gasteiger partial charge on any atom is -0.322 e. The number of carbonyl (C=O) groups is 2. The number of rotatable bonds is 6. The average molecular weight is 552 g/mol. The van der Waals surface area contributed by atoms with Gasteiger partial charge < -0.3 is 10.6 Å². The zero-order valence-electron chi connectivity index (χ0n) is 18.9. The average Bonchev–Trinajstić information content (AvgIpc) is 2.88. The molecule has 0 unspecified atom stereocenters. The SMILES string of the molecule is O=C(CSc1cccc(NC(=O)c2ccc3ccccc3c2)c1)Nc1c(F)c(F)c(C(F)(F)F)c(F)c1F. The second-order valence-corrected chi connectivity index (χ2v) is 8.93. The zero-order chi connectivity index (χ0) is 27.6. The lowest BCUT2D eigenvalue weighted by Crippen LogP contribution is -2.21. The molecule has 2 amide bonds. The molecule has 0 radical (unpaired) electrons. The Balaban J connectivity index is 1.42. The van der Waals surface area contributed by atoms with Crippen LogP contribution in [0.15, 0.2) is 71.6 Å². The second-order valence-electron chi connectivity index (χ2n) is 7.88. The highest BCUT2D eigenvalue weighted by Gasteiger charge is 2.42. The van der Waals surface area contributed by atoms with Crippen molar-refractivity contribution in [3.05, 3.63) is 101 Å². The highest BCUT2D eigenvalue weighted by Crippen LogP contribution is 2.38. The molecule has 0 bridgehead atoms. The minimum absolute atomic E-state index is 0.373. The van der Waals surface area contributed by atoms with E-state index in [9.17, 15) is 40.3 Å².